The van der Waals surface area contributed by atoms with Crippen molar-refractivity contribution in [3.05, 3.63) is 44.0 Å². The highest BCUT2D eigenvalue weighted by molar-refractivity contribution is 7.10. The molecule has 0 aromatic carbocycles. The van der Waals surface area contributed by atoms with Crippen LogP contribution in [-0.4, -0.2) is 31.8 Å². The number of hydrogen-bond donors (Lipinski definition) is 0. The van der Waals surface area contributed by atoms with Crippen molar-refractivity contribution in [2.24, 2.45) is 0 Å². The molecule has 0 bridgehead atoms. The van der Waals surface area contributed by atoms with Crippen molar-refractivity contribution in [2.75, 3.05) is 6.54 Å². The fraction of sp³-hybridized carbons (Fsp3) is 0.500. The second-order valence-electron chi connectivity index (χ2n) is 5.91. The van der Waals surface area contributed by atoms with Crippen molar-refractivity contribution < 1.29 is 9.72 Å². The number of rotatable bonds is 5. The highest BCUT2D eigenvalue weighted by Crippen LogP contribution is 2.35. The Balaban J connectivity index is 1.68. The van der Waals surface area contributed by atoms with Gasteiger partial charge in [0, 0.05) is 31.3 Å². The van der Waals surface area contributed by atoms with E-state index in [1.165, 1.54) is 16.6 Å². The first-order valence-electron chi connectivity index (χ1n) is 8.05. The molecular formula is C16H20N4O3S. The number of nitrogens with zero attached hydrogens (tertiary/aromatic N) is 4. The second kappa shape index (κ2) is 6.72. The zero-order valence-corrected chi connectivity index (χ0v) is 14.6. The summed E-state index contributed by atoms with van der Waals surface area (Å²) in [6.45, 7) is 4.97. The minimum Gasteiger partial charge on any atom is -0.358 e. The van der Waals surface area contributed by atoms with Crippen molar-refractivity contribution in [2.45, 2.75) is 45.7 Å². The van der Waals surface area contributed by atoms with Crippen LogP contribution in [0.25, 0.3) is 0 Å². The van der Waals surface area contributed by atoms with Crippen molar-refractivity contribution in [1.82, 2.24) is 14.5 Å². The Morgan fingerprint density at radius 2 is 2.33 bits per heavy atom. The molecule has 3 rings (SSSR count). The summed E-state index contributed by atoms with van der Waals surface area (Å²) in [5, 5.41) is 12.9. The molecule has 7 nitrogen and oxygen atoms in total. The van der Waals surface area contributed by atoms with Crippen molar-refractivity contribution in [3.8, 4) is 0 Å². The van der Waals surface area contributed by atoms with Crippen LogP contribution in [0, 0.1) is 17.0 Å². The van der Waals surface area contributed by atoms with Gasteiger partial charge in [-0.25, -0.2) is 0 Å². The SMILES string of the molecule is CCC1c2ccsc2CCN1C(=O)CCn1cc([N+](=O)[O-])nc1C. The van der Waals surface area contributed by atoms with Crippen LogP contribution in [0.15, 0.2) is 17.6 Å². The van der Waals surface area contributed by atoms with Gasteiger partial charge in [0.25, 0.3) is 0 Å². The largest absolute Gasteiger partial charge is 0.381 e. The third-order valence-electron chi connectivity index (χ3n) is 4.52. The number of aryl methyl sites for hydroxylation is 2. The standard InChI is InChI=1S/C16H20N4O3S/c1-3-13-12-6-9-24-14(12)4-8-19(13)16(21)5-7-18-10-15(20(22)23)17-11(18)2/h6,9-10,13H,3-5,7-8H2,1-2H3. The first-order valence-corrected chi connectivity index (χ1v) is 8.93. The number of fused-ring (bicyclic) bond motifs is 1. The molecule has 1 atom stereocenters. The van der Waals surface area contributed by atoms with E-state index in [2.05, 4.69) is 23.4 Å². The molecule has 0 radical (unpaired) electrons. The molecule has 1 amide bonds. The number of hydrogen-bond acceptors (Lipinski definition) is 5. The van der Waals surface area contributed by atoms with Crippen LogP contribution in [0.4, 0.5) is 5.82 Å². The van der Waals surface area contributed by atoms with Crippen molar-refractivity contribution >= 4 is 23.1 Å². The van der Waals surface area contributed by atoms with Gasteiger partial charge in [0.15, 0.2) is 0 Å². The van der Waals surface area contributed by atoms with E-state index < -0.39 is 4.92 Å². The zero-order valence-electron chi connectivity index (χ0n) is 13.8. The molecule has 0 saturated heterocycles. The molecular weight excluding hydrogens is 328 g/mol. The molecule has 0 aliphatic carbocycles. The van der Waals surface area contributed by atoms with Gasteiger partial charge in [0.05, 0.1) is 6.04 Å². The Kier molecular flexibility index (Phi) is 4.66. The molecule has 128 valence electrons. The predicted molar refractivity (Wildman–Crippen MR) is 91.0 cm³/mol. The van der Waals surface area contributed by atoms with E-state index in [0.29, 0.717) is 18.8 Å². The molecule has 1 aliphatic rings. The van der Waals surface area contributed by atoms with Crippen LogP contribution >= 0.6 is 11.3 Å². The van der Waals surface area contributed by atoms with E-state index in [0.717, 1.165) is 19.4 Å². The Bertz CT molecular complexity index is 767. The van der Waals surface area contributed by atoms with E-state index in [1.54, 1.807) is 22.8 Å². The van der Waals surface area contributed by atoms with Crippen LogP contribution in [0.5, 0.6) is 0 Å². The monoisotopic (exact) mass is 348 g/mol. The number of carbonyl (C=O) groups excluding carboxylic acids is 1. The Morgan fingerprint density at radius 3 is 3.00 bits per heavy atom. The van der Waals surface area contributed by atoms with E-state index in [4.69, 9.17) is 0 Å². The molecule has 1 aliphatic heterocycles. The number of aromatic nitrogens is 2. The average Bonchev–Trinajstić information content (AvgIpc) is 3.18. The van der Waals surface area contributed by atoms with Gasteiger partial charge >= 0.3 is 5.82 Å². The van der Waals surface area contributed by atoms with E-state index >= 15 is 0 Å². The van der Waals surface area contributed by atoms with Crippen LogP contribution in [0.1, 0.15) is 42.1 Å². The summed E-state index contributed by atoms with van der Waals surface area (Å²) in [6.07, 6.45) is 3.52. The topological polar surface area (TPSA) is 81.3 Å². The summed E-state index contributed by atoms with van der Waals surface area (Å²) >= 11 is 1.76. The molecule has 0 N–H and O–H groups in total. The van der Waals surface area contributed by atoms with Gasteiger partial charge in [-0.2, -0.15) is 0 Å². The Hall–Kier alpha value is -2.22. The molecule has 0 saturated carbocycles. The van der Waals surface area contributed by atoms with Gasteiger partial charge in [-0.1, -0.05) is 6.92 Å². The Labute approximate surface area is 144 Å². The van der Waals surface area contributed by atoms with Crippen LogP contribution < -0.4 is 0 Å². The maximum atomic E-state index is 12.7. The number of nitro groups is 1. The van der Waals surface area contributed by atoms with Gasteiger partial charge in [0.2, 0.25) is 11.7 Å². The lowest BCUT2D eigenvalue weighted by Gasteiger charge is -2.35. The van der Waals surface area contributed by atoms with E-state index in [1.807, 2.05) is 4.90 Å². The van der Waals surface area contributed by atoms with Gasteiger partial charge in [-0.3, -0.25) is 4.79 Å². The minimum atomic E-state index is -0.513. The van der Waals surface area contributed by atoms with Crippen LogP contribution in [0.3, 0.4) is 0 Å². The third kappa shape index (κ3) is 3.06. The summed E-state index contributed by atoms with van der Waals surface area (Å²) in [4.78, 5) is 30.2. The molecule has 2 aromatic rings. The normalized spacial score (nSPS) is 16.9. The summed E-state index contributed by atoms with van der Waals surface area (Å²) in [7, 11) is 0. The lowest BCUT2D eigenvalue weighted by molar-refractivity contribution is -0.389. The summed E-state index contributed by atoms with van der Waals surface area (Å²) in [5.41, 5.74) is 1.27. The third-order valence-corrected chi connectivity index (χ3v) is 5.52. The lowest BCUT2D eigenvalue weighted by atomic mass is 9.97. The summed E-state index contributed by atoms with van der Waals surface area (Å²) < 4.78 is 1.68. The molecule has 2 aromatic heterocycles. The van der Waals surface area contributed by atoms with Gasteiger partial charge < -0.3 is 19.6 Å². The first-order chi connectivity index (χ1) is 11.5. The number of carbonyl (C=O) groups is 1. The minimum absolute atomic E-state index is 0.0921. The van der Waals surface area contributed by atoms with E-state index in [9.17, 15) is 14.9 Å². The zero-order chi connectivity index (χ0) is 17.3. The predicted octanol–water partition coefficient (Wildman–Crippen LogP) is 3.09. The molecule has 3 heterocycles. The first kappa shape index (κ1) is 16.6. The summed E-state index contributed by atoms with van der Waals surface area (Å²) in [5.74, 6) is 0.474. The quantitative estimate of drug-likeness (QED) is 0.614. The second-order valence-corrected chi connectivity index (χ2v) is 6.91. The molecule has 1 unspecified atom stereocenters. The smallest absolute Gasteiger partial charge is 0.358 e. The van der Waals surface area contributed by atoms with E-state index in [-0.39, 0.29) is 17.8 Å². The highest BCUT2D eigenvalue weighted by atomic mass is 32.1. The fourth-order valence-electron chi connectivity index (χ4n) is 3.30. The van der Waals surface area contributed by atoms with Crippen LogP contribution in [0.2, 0.25) is 0 Å². The highest BCUT2D eigenvalue weighted by Gasteiger charge is 2.30. The van der Waals surface area contributed by atoms with Crippen molar-refractivity contribution in [3.63, 3.8) is 0 Å². The van der Waals surface area contributed by atoms with Crippen molar-refractivity contribution in [1.29, 1.82) is 0 Å². The molecule has 24 heavy (non-hydrogen) atoms. The maximum Gasteiger partial charge on any atom is 0.381 e. The van der Waals surface area contributed by atoms with Gasteiger partial charge in [-0.15, -0.1) is 11.3 Å². The molecule has 0 fully saturated rings. The molecule has 0 spiro atoms. The average molecular weight is 348 g/mol. The maximum absolute atomic E-state index is 12.7. The molecule has 8 heteroatoms. The number of imidazole rings is 1. The Morgan fingerprint density at radius 1 is 1.54 bits per heavy atom. The number of thiophene rings is 1. The lowest BCUT2D eigenvalue weighted by Crippen LogP contribution is -2.39. The van der Waals surface area contributed by atoms with Gasteiger partial charge in [0.1, 0.15) is 6.20 Å². The van der Waals surface area contributed by atoms with Crippen LogP contribution in [-0.2, 0) is 17.8 Å². The van der Waals surface area contributed by atoms with Gasteiger partial charge in [-0.05, 0) is 39.8 Å². The summed E-state index contributed by atoms with van der Waals surface area (Å²) in [6, 6.07) is 2.27. The fourth-order valence-corrected chi connectivity index (χ4v) is 4.23. The number of amides is 1.